The van der Waals surface area contributed by atoms with Crippen molar-refractivity contribution in [1.29, 1.82) is 0 Å². The third-order valence-electron chi connectivity index (χ3n) is 5.39. The van der Waals surface area contributed by atoms with Gasteiger partial charge in [0.2, 0.25) is 15.9 Å². The number of amides is 1. The maximum Gasteiger partial charge on any atom is 0.243 e. The van der Waals surface area contributed by atoms with Crippen LogP contribution >= 0.6 is 0 Å². The smallest absolute Gasteiger partial charge is 0.243 e. The van der Waals surface area contributed by atoms with Crippen LogP contribution in [0.2, 0.25) is 0 Å². The van der Waals surface area contributed by atoms with Crippen molar-refractivity contribution >= 4 is 21.6 Å². The average molecular weight is 461 g/mol. The van der Waals surface area contributed by atoms with Crippen LogP contribution in [0.4, 0.5) is 5.69 Å². The highest BCUT2D eigenvalue weighted by atomic mass is 32.2. The van der Waals surface area contributed by atoms with Crippen molar-refractivity contribution in [1.82, 2.24) is 4.31 Å². The topological polar surface area (TPSA) is 84.9 Å². The Labute approximate surface area is 190 Å². The molecule has 8 heteroatoms. The lowest BCUT2D eigenvalue weighted by Gasteiger charge is -2.26. The van der Waals surface area contributed by atoms with Crippen LogP contribution in [0, 0.1) is 6.92 Å². The standard InChI is InChI=1S/C24H32N2O5S/c1-3-30-22-10-5-6-11-23(22)31-17-9-12-24(27)25-21-18-20(14-13-19(21)2)32(28,29)26-15-7-4-8-16-26/h5-6,10-11,13-14,18H,3-4,7-9,12,15-17H2,1-2H3,(H,25,27). The number of nitrogens with zero attached hydrogens (tertiary/aromatic N) is 1. The van der Waals surface area contributed by atoms with Crippen molar-refractivity contribution in [2.75, 3.05) is 31.6 Å². The number of hydrogen-bond acceptors (Lipinski definition) is 5. The van der Waals surface area contributed by atoms with Crippen LogP contribution in [0.25, 0.3) is 0 Å². The Bertz CT molecular complexity index is 1020. The van der Waals surface area contributed by atoms with Crippen LogP contribution in [-0.2, 0) is 14.8 Å². The molecule has 1 amide bonds. The second kappa shape index (κ2) is 11.3. The van der Waals surface area contributed by atoms with Crippen molar-refractivity contribution in [3.05, 3.63) is 48.0 Å². The molecule has 0 bridgehead atoms. The summed E-state index contributed by atoms with van der Waals surface area (Å²) in [5.74, 6) is 1.16. The summed E-state index contributed by atoms with van der Waals surface area (Å²) in [5, 5.41) is 2.85. The van der Waals surface area contributed by atoms with Crippen molar-refractivity contribution < 1.29 is 22.7 Å². The molecule has 0 saturated carbocycles. The molecular formula is C24H32N2O5S. The summed E-state index contributed by atoms with van der Waals surface area (Å²) in [7, 11) is -3.55. The number of para-hydroxylation sites is 2. The molecule has 0 aromatic heterocycles. The monoisotopic (exact) mass is 460 g/mol. The molecule has 2 aromatic carbocycles. The van der Waals surface area contributed by atoms with Crippen molar-refractivity contribution in [3.8, 4) is 11.5 Å². The average Bonchev–Trinajstić information content (AvgIpc) is 2.80. The first-order valence-electron chi connectivity index (χ1n) is 11.2. The van der Waals surface area contributed by atoms with Gasteiger partial charge >= 0.3 is 0 Å². The van der Waals surface area contributed by atoms with E-state index in [1.54, 1.807) is 18.2 Å². The Morgan fingerprint density at radius 3 is 2.41 bits per heavy atom. The third-order valence-corrected chi connectivity index (χ3v) is 7.29. The predicted octanol–water partition coefficient (Wildman–Crippen LogP) is 4.37. The van der Waals surface area contributed by atoms with E-state index in [9.17, 15) is 13.2 Å². The number of hydrogen-bond donors (Lipinski definition) is 1. The van der Waals surface area contributed by atoms with Crippen molar-refractivity contribution in [2.24, 2.45) is 0 Å². The molecule has 2 aromatic rings. The van der Waals surface area contributed by atoms with Crippen LogP contribution in [0.5, 0.6) is 11.5 Å². The largest absolute Gasteiger partial charge is 0.490 e. The van der Waals surface area contributed by atoms with Gasteiger partial charge in [-0.1, -0.05) is 24.6 Å². The molecule has 1 aliphatic rings. The zero-order chi connectivity index (χ0) is 23.0. The van der Waals surface area contributed by atoms with E-state index in [4.69, 9.17) is 9.47 Å². The first kappa shape index (κ1) is 24.1. The zero-order valence-electron chi connectivity index (χ0n) is 18.8. The lowest BCUT2D eigenvalue weighted by atomic mass is 10.2. The first-order chi connectivity index (χ1) is 15.4. The fourth-order valence-corrected chi connectivity index (χ4v) is 5.17. The molecule has 1 saturated heterocycles. The lowest BCUT2D eigenvalue weighted by molar-refractivity contribution is -0.116. The number of rotatable bonds is 10. The number of anilines is 1. The van der Waals surface area contributed by atoms with E-state index in [-0.39, 0.29) is 17.2 Å². The molecule has 0 radical (unpaired) electrons. The number of carbonyl (C=O) groups is 1. The summed E-state index contributed by atoms with van der Waals surface area (Å²) >= 11 is 0. The van der Waals surface area contributed by atoms with Crippen LogP contribution < -0.4 is 14.8 Å². The predicted molar refractivity (Wildman–Crippen MR) is 125 cm³/mol. The Balaban J connectivity index is 1.55. The van der Waals surface area contributed by atoms with Gasteiger partial charge in [0.05, 0.1) is 18.1 Å². The summed E-state index contributed by atoms with van der Waals surface area (Å²) in [6.45, 7) is 5.78. The number of aryl methyl sites for hydroxylation is 1. The minimum absolute atomic E-state index is 0.178. The second-order valence-corrected chi connectivity index (χ2v) is 9.76. The molecular weight excluding hydrogens is 428 g/mol. The number of nitrogens with one attached hydrogen (secondary N) is 1. The van der Waals surface area contributed by atoms with Gasteiger partial charge in [-0.15, -0.1) is 0 Å². The van der Waals surface area contributed by atoms with Crippen LogP contribution in [0.3, 0.4) is 0 Å². The van der Waals surface area contributed by atoms with Gasteiger partial charge in [-0.2, -0.15) is 4.31 Å². The Morgan fingerprint density at radius 1 is 1.03 bits per heavy atom. The van der Waals surface area contributed by atoms with Crippen LogP contribution in [0.1, 0.15) is 44.6 Å². The summed E-state index contributed by atoms with van der Waals surface area (Å²) in [6, 6.07) is 12.3. The van der Waals surface area contributed by atoms with Gasteiger partial charge in [-0.05, 0) is 62.9 Å². The molecule has 0 atom stereocenters. The summed E-state index contributed by atoms with van der Waals surface area (Å²) in [5.41, 5.74) is 1.34. The van der Waals surface area contributed by atoms with Gasteiger partial charge in [0, 0.05) is 25.2 Å². The Hall–Kier alpha value is -2.58. The zero-order valence-corrected chi connectivity index (χ0v) is 19.6. The number of ether oxygens (including phenoxy) is 2. The molecule has 7 nitrogen and oxygen atoms in total. The maximum atomic E-state index is 12.9. The van der Waals surface area contributed by atoms with Crippen LogP contribution in [0.15, 0.2) is 47.4 Å². The normalized spacial score (nSPS) is 14.7. The van der Waals surface area contributed by atoms with Gasteiger partial charge in [-0.3, -0.25) is 4.79 Å². The van der Waals surface area contributed by atoms with E-state index in [2.05, 4.69) is 5.32 Å². The molecule has 0 unspecified atom stereocenters. The highest BCUT2D eigenvalue weighted by molar-refractivity contribution is 7.89. The Kier molecular flexibility index (Phi) is 8.53. The molecule has 0 aliphatic carbocycles. The number of carbonyl (C=O) groups excluding carboxylic acids is 1. The van der Waals surface area contributed by atoms with E-state index in [0.717, 1.165) is 24.8 Å². The number of piperidine rings is 1. The molecule has 1 heterocycles. The highest BCUT2D eigenvalue weighted by Gasteiger charge is 2.26. The lowest BCUT2D eigenvalue weighted by Crippen LogP contribution is -2.35. The van der Waals surface area contributed by atoms with E-state index in [0.29, 0.717) is 49.9 Å². The molecule has 0 spiro atoms. The molecule has 1 aliphatic heterocycles. The van der Waals surface area contributed by atoms with E-state index in [1.165, 1.54) is 4.31 Å². The molecule has 1 N–H and O–H groups in total. The first-order valence-corrected chi connectivity index (χ1v) is 12.6. The van der Waals surface area contributed by atoms with E-state index >= 15 is 0 Å². The molecule has 174 valence electrons. The summed E-state index contributed by atoms with van der Waals surface area (Å²) < 4.78 is 38.7. The minimum atomic E-state index is -3.55. The van der Waals surface area contributed by atoms with E-state index in [1.807, 2.05) is 38.1 Å². The van der Waals surface area contributed by atoms with Gasteiger partial charge < -0.3 is 14.8 Å². The van der Waals surface area contributed by atoms with Gasteiger partial charge in [-0.25, -0.2) is 8.42 Å². The Morgan fingerprint density at radius 2 is 1.72 bits per heavy atom. The second-order valence-electron chi connectivity index (χ2n) is 7.82. The molecule has 3 rings (SSSR count). The summed E-state index contributed by atoms with van der Waals surface area (Å²) in [6.07, 6.45) is 3.61. The third kappa shape index (κ3) is 6.23. The number of sulfonamides is 1. The minimum Gasteiger partial charge on any atom is -0.490 e. The van der Waals surface area contributed by atoms with Crippen molar-refractivity contribution in [3.63, 3.8) is 0 Å². The van der Waals surface area contributed by atoms with Gasteiger partial charge in [0.1, 0.15) is 0 Å². The van der Waals surface area contributed by atoms with Gasteiger partial charge in [0.25, 0.3) is 0 Å². The van der Waals surface area contributed by atoms with Crippen LogP contribution in [-0.4, -0.2) is 44.9 Å². The SMILES string of the molecule is CCOc1ccccc1OCCCC(=O)Nc1cc(S(=O)(=O)N2CCCCC2)ccc1C. The summed E-state index contributed by atoms with van der Waals surface area (Å²) in [4.78, 5) is 12.7. The molecule has 1 fully saturated rings. The highest BCUT2D eigenvalue weighted by Crippen LogP contribution is 2.27. The molecule has 32 heavy (non-hydrogen) atoms. The maximum absolute atomic E-state index is 12.9. The quantitative estimate of drug-likeness (QED) is 0.532. The number of benzene rings is 2. The van der Waals surface area contributed by atoms with Gasteiger partial charge in [0.15, 0.2) is 11.5 Å². The fourth-order valence-electron chi connectivity index (χ4n) is 3.62. The fraction of sp³-hybridized carbons (Fsp3) is 0.458. The van der Waals surface area contributed by atoms with Crippen molar-refractivity contribution in [2.45, 2.75) is 50.8 Å². The van der Waals surface area contributed by atoms with E-state index < -0.39 is 10.0 Å².